The van der Waals surface area contributed by atoms with E-state index in [1.165, 1.54) is 24.3 Å². The van der Waals surface area contributed by atoms with Gasteiger partial charge in [0.15, 0.2) is 5.78 Å². The maximum absolute atomic E-state index is 13.9. The summed E-state index contributed by atoms with van der Waals surface area (Å²) < 4.78 is 21.9. The van der Waals surface area contributed by atoms with E-state index < -0.39 is 41.5 Å². The van der Waals surface area contributed by atoms with Gasteiger partial charge in [-0.05, 0) is 24.0 Å². The Morgan fingerprint density at radius 2 is 1.30 bits per heavy atom. The van der Waals surface area contributed by atoms with Crippen molar-refractivity contribution < 1.29 is 42.9 Å². The fourth-order valence-electron chi connectivity index (χ4n) is 4.08. The monoisotopic (exact) mass is 653 g/mol. The van der Waals surface area contributed by atoms with Crippen LogP contribution in [0.25, 0.3) is 0 Å². The zero-order chi connectivity index (χ0) is 31.8. The van der Waals surface area contributed by atoms with Crippen LogP contribution in [0.4, 0.5) is 5.69 Å². The minimum absolute atomic E-state index is 0. The van der Waals surface area contributed by atoms with Crippen molar-refractivity contribution in [2.45, 2.75) is 39.8 Å². The summed E-state index contributed by atoms with van der Waals surface area (Å²) in [6.45, 7) is 6.56. The highest BCUT2D eigenvalue weighted by molar-refractivity contribution is 6.31. The number of nitrogens with one attached hydrogen (secondary N) is 1. The van der Waals surface area contributed by atoms with E-state index in [1.54, 1.807) is 33.8 Å². The third-order valence-electron chi connectivity index (χ3n) is 6.63. The van der Waals surface area contributed by atoms with E-state index in [2.05, 4.69) is 5.32 Å². The molecule has 14 heteroatoms. The van der Waals surface area contributed by atoms with Crippen LogP contribution in [-0.2, 0) is 23.9 Å². The summed E-state index contributed by atoms with van der Waals surface area (Å²) in [6, 6.07) is 5.70. The number of nitrogens with two attached hydrogens (primary N) is 2. The molecule has 2 aromatic carbocycles. The minimum atomic E-state index is -0.813. The number of rotatable bonds is 14. The zero-order valence-corrected chi connectivity index (χ0v) is 26.4. The van der Waals surface area contributed by atoms with E-state index in [4.69, 9.17) is 42.0 Å². The van der Waals surface area contributed by atoms with Crippen LogP contribution in [0.1, 0.15) is 59.5 Å². The van der Waals surface area contributed by atoms with Crippen molar-refractivity contribution in [3.05, 3.63) is 52.6 Å². The Bertz CT molecular complexity index is 1400. The Morgan fingerprint density at radius 1 is 0.773 bits per heavy atom. The van der Waals surface area contributed by atoms with Crippen LogP contribution in [-0.4, -0.2) is 73.8 Å². The van der Waals surface area contributed by atoms with Crippen LogP contribution >= 0.6 is 24.0 Å². The fraction of sp³-hybridized carbons (Fsp3) is 0.433. The summed E-state index contributed by atoms with van der Waals surface area (Å²) in [5, 5.41) is 2.56. The Kier molecular flexibility index (Phi) is 13.6. The number of anilines is 1. The first-order valence-corrected chi connectivity index (χ1v) is 14.3. The van der Waals surface area contributed by atoms with Gasteiger partial charge in [-0.2, -0.15) is 0 Å². The molecule has 1 aliphatic carbocycles. The van der Waals surface area contributed by atoms with Crippen LogP contribution in [0, 0.1) is 11.8 Å². The van der Waals surface area contributed by atoms with Gasteiger partial charge in [0, 0.05) is 22.9 Å². The summed E-state index contributed by atoms with van der Waals surface area (Å²) in [5.74, 6) is -3.30. The maximum atomic E-state index is 13.9. The highest BCUT2D eigenvalue weighted by atomic mass is 35.5. The average Bonchev–Trinajstić information content (AvgIpc) is 2.98. The van der Waals surface area contributed by atoms with Gasteiger partial charge < -0.3 is 35.7 Å². The van der Waals surface area contributed by atoms with Crippen molar-refractivity contribution >= 4 is 59.1 Å². The number of esters is 2. The smallest absolute Gasteiger partial charge is 0.323 e. The van der Waals surface area contributed by atoms with Gasteiger partial charge in [-0.25, -0.2) is 0 Å². The number of carbonyl (C=O) groups is 5. The number of hydrogen-bond donors (Lipinski definition) is 3. The van der Waals surface area contributed by atoms with Gasteiger partial charge in [-0.15, -0.1) is 24.0 Å². The fourth-order valence-corrected chi connectivity index (χ4v) is 4.15. The first-order chi connectivity index (χ1) is 20.4. The molecule has 0 saturated heterocycles. The normalized spacial score (nSPS) is 13.3. The second-order valence-electron chi connectivity index (χ2n) is 10.5. The van der Waals surface area contributed by atoms with Gasteiger partial charge >= 0.3 is 11.9 Å². The SMILES string of the molecule is CC(C)[C@H](N)C(=O)OCCOc1cccc2c1C(=O)c1c(OCCOC(=O)[C@@H](N)C(C)C)cc(NC(=O)CCl)cc1C2=O.Cl. The third-order valence-corrected chi connectivity index (χ3v) is 6.87. The summed E-state index contributed by atoms with van der Waals surface area (Å²) in [7, 11) is 0. The number of halogens is 2. The number of amides is 1. The molecule has 0 heterocycles. The molecule has 12 nitrogen and oxygen atoms in total. The summed E-state index contributed by atoms with van der Waals surface area (Å²) in [5.41, 5.74) is 11.8. The van der Waals surface area contributed by atoms with Crippen molar-refractivity contribution in [1.82, 2.24) is 0 Å². The molecular formula is C30H37Cl2N3O9. The molecule has 240 valence electrons. The highest BCUT2D eigenvalue weighted by Crippen LogP contribution is 2.39. The van der Waals surface area contributed by atoms with Gasteiger partial charge in [-0.1, -0.05) is 39.8 Å². The van der Waals surface area contributed by atoms with Gasteiger partial charge in [0.2, 0.25) is 11.7 Å². The van der Waals surface area contributed by atoms with E-state index in [-0.39, 0.29) is 96.0 Å². The topological polar surface area (TPSA) is 186 Å². The van der Waals surface area contributed by atoms with E-state index in [0.717, 1.165) is 0 Å². The minimum Gasteiger partial charge on any atom is -0.489 e. The lowest BCUT2D eigenvalue weighted by atomic mass is 9.82. The molecule has 0 fully saturated rings. The van der Waals surface area contributed by atoms with Crippen molar-refractivity contribution in [2.75, 3.05) is 37.6 Å². The summed E-state index contributed by atoms with van der Waals surface area (Å²) in [6.07, 6.45) is 0. The van der Waals surface area contributed by atoms with Crippen LogP contribution in [0.5, 0.6) is 11.5 Å². The van der Waals surface area contributed by atoms with E-state index >= 15 is 0 Å². The molecule has 0 radical (unpaired) electrons. The third kappa shape index (κ3) is 8.69. The Morgan fingerprint density at radius 3 is 1.82 bits per heavy atom. The van der Waals surface area contributed by atoms with Crippen molar-refractivity contribution in [1.29, 1.82) is 0 Å². The van der Waals surface area contributed by atoms with E-state index in [1.807, 2.05) is 0 Å². The number of alkyl halides is 1. The van der Waals surface area contributed by atoms with Crippen LogP contribution in [0.15, 0.2) is 30.3 Å². The summed E-state index contributed by atoms with van der Waals surface area (Å²) in [4.78, 5) is 63.6. The lowest BCUT2D eigenvalue weighted by Crippen LogP contribution is -2.37. The number of carbonyl (C=O) groups excluding carboxylic acids is 5. The molecule has 1 amide bonds. The second kappa shape index (κ2) is 16.4. The standard InChI is InChI=1S/C30H36ClN3O9.ClH/c1-15(2)25(32)29(38)42-10-8-40-20-7-5-6-18-23(20)28(37)24-19(27(18)36)12-17(34-22(35)14-31)13-21(24)41-9-11-43-30(39)26(33)16(3)4;/h5-7,12-13,15-16,25-26H,8-11,14,32-33H2,1-4H3,(H,34,35);1H/t25-,26-;/m0./s1. The molecule has 0 spiro atoms. The van der Waals surface area contributed by atoms with Crippen LogP contribution in [0.2, 0.25) is 0 Å². The number of ketones is 2. The number of ether oxygens (including phenoxy) is 4. The Hall–Kier alpha value is -3.71. The van der Waals surface area contributed by atoms with Crippen molar-refractivity contribution in [2.24, 2.45) is 23.3 Å². The van der Waals surface area contributed by atoms with Crippen molar-refractivity contribution in [3.8, 4) is 11.5 Å². The molecule has 44 heavy (non-hydrogen) atoms. The quantitative estimate of drug-likeness (QED) is 0.132. The van der Waals surface area contributed by atoms with Gasteiger partial charge in [0.05, 0.1) is 11.1 Å². The number of hydrogen-bond acceptors (Lipinski definition) is 11. The Balaban J connectivity index is 0.00000675. The molecule has 3 rings (SSSR count). The predicted molar refractivity (Wildman–Crippen MR) is 165 cm³/mol. The van der Waals surface area contributed by atoms with Gasteiger partial charge in [0.1, 0.15) is 55.9 Å². The molecule has 0 aliphatic heterocycles. The first-order valence-electron chi connectivity index (χ1n) is 13.7. The first kappa shape index (κ1) is 36.5. The molecule has 0 saturated carbocycles. The van der Waals surface area contributed by atoms with Crippen molar-refractivity contribution in [3.63, 3.8) is 0 Å². The zero-order valence-electron chi connectivity index (χ0n) is 24.8. The number of benzene rings is 2. The largest absolute Gasteiger partial charge is 0.489 e. The maximum Gasteiger partial charge on any atom is 0.323 e. The lowest BCUT2D eigenvalue weighted by Gasteiger charge is -2.23. The molecule has 2 aromatic rings. The molecular weight excluding hydrogens is 617 g/mol. The lowest BCUT2D eigenvalue weighted by molar-refractivity contribution is -0.147. The predicted octanol–water partition coefficient (Wildman–Crippen LogP) is 2.87. The Labute approximate surface area is 266 Å². The molecule has 0 aromatic heterocycles. The van der Waals surface area contributed by atoms with Crippen LogP contribution in [0.3, 0.4) is 0 Å². The second-order valence-corrected chi connectivity index (χ2v) is 10.8. The highest BCUT2D eigenvalue weighted by Gasteiger charge is 2.36. The van der Waals surface area contributed by atoms with Crippen LogP contribution < -0.4 is 26.3 Å². The molecule has 0 unspecified atom stereocenters. The average molecular weight is 655 g/mol. The van der Waals surface area contributed by atoms with E-state index in [0.29, 0.717) is 0 Å². The molecule has 0 bridgehead atoms. The van der Waals surface area contributed by atoms with Gasteiger partial charge in [-0.3, -0.25) is 24.0 Å². The number of fused-ring (bicyclic) bond motifs is 2. The summed E-state index contributed by atoms with van der Waals surface area (Å²) >= 11 is 5.63. The van der Waals surface area contributed by atoms with Gasteiger partial charge in [0.25, 0.3) is 0 Å². The molecule has 1 aliphatic rings. The van der Waals surface area contributed by atoms with E-state index in [9.17, 15) is 24.0 Å². The molecule has 2 atom stereocenters. The molecule has 5 N–H and O–H groups in total.